The first-order valence-corrected chi connectivity index (χ1v) is 8.89. The maximum atomic E-state index is 12.4. The molecule has 0 aliphatic carbocycles. The highest BCUT2D eigenvalue weighted by atomic mass is 35.5. The largest absolute Gasteiger partial charge is 0.489 e. The molecule has 0 fully saturated rings. The molecule has 0 radical (unpaired) electrons. The van der Waals surface area contributed by atoms with E-state index in [0.29, 0.717) is 38.7 Å². The van der Waals surface area contributed by atoms with Crippen LogP contribution in [-0.2, 0) is 6.61 Å². The lowest BCUT2D eigenvalue weighted by Crippen LogP contribution is -2.12. The standard InChI is InChI=1S/C20H14Cl3NO2/c21-16-10-18(23)19(11-17(16)22)24-20(25)14-6-8-15(9-7-14)26-12-13-4-2-1-3-5-13/h1-11H,12H2,(H,24,25). The second kappa shape index (κ2) is 8.45. The molecule has 1 N–H and O–H groups in total. The Bertz CT molecular complexity index is 912. The summed E-state index contributed by atoms with van der Waals surface area (Å²) in [5, 5.41) is 3.68. The van der Waals surface area contributed by atoms with Gasteiger partial charge in [0.25, 0.3) is 5.91 Å². The van der Waals surface area contributed by atoms with Crippen LogP contribution in [0.2, 0.25) is 15.1 Å². The number of ether oxygens (including phenoxy) is 1. The first-order chi connectivity index (χ1) is 12.5. The van der Waals surface area contributed by atoms with E-state index < -0.39 is 0 Å². The van der Waals surface area contributed by atoms with E-state index in [9.17, 15) is 4.79 Å². The Labute approximate surface area is 166 Å². The number of anilines is 1. The van der Waals surface area contributed by atoms with Gasteiger partial charge in [-0.2, -0.15) is 0 Å². The zero-order chi connectivity index (χ0) is 18.5. The van der Waals surface area contributed by atoms with Crippen LogP contribution in [0, 0.1) is 0 Å². The van der Waals surface area contributed by atoms with E-state index >= 15 is 0 Å². The van der Waals surface area contributed by atoms with E-state index in [1.54, 1.807) is 24.3 Å². The molecule has 26 heavy (non-hydrogen) atoms. The molecule has 3 aromatic rings. The number of hydrogen-bond acceptors (Lipinski definition) is 2. The molecule has 0 saturated heterocycles. The van der Waals surface area contributed by atoms with Crippen molar-refractivity contribution in [3.8, 4) is 5.75 Å². The van der Waals surface area contributed by atoms with E-state index in [0.717, 1.165) is 5.56 Å². The van der Waals surface area contributed by atoms with E-state index in [1.807, 2.05) is 30.3 Å². The fraction of sp³-hybridized carbons (Fsp3) is 0.0500. The lowest BCUT2D eigenvalue weighted by atomic mass is 10.2. The van der Waals surface area contributed by atoms with Crippen molar-refractivity contribution < 1.29 is 9.53 Å². The molecule has 0 spiro atoms. The highest BCUT2D eigenvalue weighted by Gasteiger charge is 2.11. The summed E-state index contributed by atoms with van der Waals surface area (Å²) in [5.74, 6) is 0.373. The van der Waals surface area contributed by atoms with Crippen LogP contribution in [0.25, 0.3) is 0 Å². The van der Waals surface area contributed by atoms with Gasteiger partial charge >= 0.3 is 0 Å². The highest BCUT2D eigenvalue weighted by Crippen LogP contribution is 2.32. The summed E-state index contributed by atoms with van der Waals surface area (Å²) in [6, 6.07) is 19.7. The SMILES string of the molecule is O=C(Nc1cc(Cl)c(Cl)cc1Cl)c1ccc(OCc2ccccc2)cc1. The molecule has 0 bridgehead atoms. The predicted octanol–water partition coefficient (Wildman–Crippen LogP) is 6.48. The van der Waals surface area contributed by atoms with Gasteiger partial charge in [0.2, 0.25) is 0 Å². The summed E-state index contributed by atoms with van der Waals surface area (Å²) in [4.78, 5) is 12.4. The Hall–Kier alpha value is -2.20. The van der Waals surface area contributed by atoms with Crippen LogP contribution in [0.15, 0.2) is 66.7 Å². The average Bonchev–Trinajstić information content (AvgIpc) is 2.65. The zero-order valence-corrected chi connectivity index (χ0v) is 15.8. The van der Waals surface area contributed by atoms with Crippen LogP contribution in [0.3, 0.4) is 0 Å². The summed E-state index contributed by atoms with van der Waals surface area (Å²) in [6.45, 7) is 0.464. The number of carbonyl (C=O) groups is 1. The van der Waals surface area contributed by atoms with E-state index in [1.165, 1.54) is 12.1 Å². The monoisotopic (exact) mass is 405 g/mol. The zero-order valence-electron chi connectivity index (χ0n) is 13.5. The molecule has 0 saturated carbocycles. The third kappa shape index (κ3) is 4.70. The van der Waals surface area contributed by atoms with Crippen molar-refractivity contribution in [2.24, 2.45) is 0 Å². The van der Waals surface area contributed by atoms with Gasteiger partial charge in [0.05, 0.1) is 20.8 Å². The van der Waals surface area contributed by atoms with Gasteiger partial charge in [0.1, 0.15) is 12.4 Å². The fourth-order valence-electron chi connectivity index (χ4n) is 2.26. The molecule has 6 heteroatoms. The molecule has 3 aromatic carbocycles. The average molecular weight is 407 g/mol. The molecular formula is C20H14Cl3NO2. The third-order valence-electron chi connectivity index (χ3n) is 3.62. The Morgan fingerprint density at radius 3 is 2.19 bits per heavy atom. The van der Waals surface area contributed by atoms with E-state index in [4.69, 9.17) is 39.5 Å². The molecule has 132 valence electrons. The number of carbonyl (C=O) groups excluding carboxylic acids is 1. The van der Waals surface area contributed by atoms with Crippen molar-refractivity contribution in [3.05, 3.63) is 92.9 Å². The van der Waals surface area contributed by atoms with Gasteiger partial charge < -0.3 is 10.1 Å². The third-order valence-corrected chi connectivity index (χ3v) is 4.66. The minimum absolute atomic E-state index is 0.306. The molecule has 3 nitrogen and oxygen atoms in total. The van der Waals surface area contributed by atoms with Gasteiger partial charge in [-0.1, -0.05) is 65.1 Å². The number of halogens is 3. The molecule has 0 atom stereocenters. The van der Waals surface area contributed by atoms with Gasteiger partial charge in [0.15, 0.2) is 0 Å². The van der Waals surface area contributed by atoms with Crippen LogP contribution >= 0.6 is 34.8 Å². The Kier molecular flexibility index (Phi) is 6.04. The number of nitrogens with one attached hydrogen (secondary N) is 1. The summed E-state index contributed by atoms with van der Waals surface area (Å²) in [6.07, 6.45) is 0. The molecule has 0 aliphatic heterocycles. The second-order valence-corrected chi connectivity index (χ2v) is 6.72. The molecule has 3 rings (SSSR count). The summed E-state index contributed by atoms with van der Waals surface area (Å²) in [5.41, 5.74) is 1.94. The van der Waals surface area contributed by atoms with Crippen molar-refractivity contribution in [2.45, 2.75) is 6.61 Å². The van der Waals surface area contributed by atoms with Gasteiger partial charge in [-0.05, 0) is 42.0 Å². The first-order valence-electron chi connectivity index (χ1n) is 7.75. The van der Waals surface area contributed by atoms with Crippen LogP contribution in [-0.4, -0.2) is 5.91 Å². The van der Waals surface area contributed by atoms with Gasteiger partial charge in [-0.25, -0.2) is 0 Å². The Morgan fingerprint density at radius 2 is 1.50 bits per heavy atom. The molecular weight excluding hydrogens is 393 g/mol. The van der Waals surface area contributed by atoms with Crippen molar-refractivity contribution in [2.75, 3.05) is 5.32 Å². The summed E-state index contributed by atoms with van der Waals surface area (Å²) in [7, 11) is 0. The molecule has 1 amide bonds. The topological polar surface area (TPSA) is 38.3 Å². The molecule has 0 heterocycles. The summed E-state index contributed by atoms with van der Waals surface area (Å²) >= 11 is 17.9. The molecule has 0 aromatic heterocycles. The van der Waals surface area contributed by atoms with E-state index in [2.05, 4.69) is 5.32 Å². The minimum Gasteiger partial charge on any atom is -0.489 e. The quantitative estimate of drug-likeness (QED) is 0.493. The van der Waals surface area contributed by atoms with Crippen LogP contribution < -0.4 is 10.1 Å². The van der Waals surface area contributed by atoms with Crippen molar-refractivity contribution in [1.82, 2.24) is 0 Å². The smallest absolute Gasteiger partial charge is 0.255 e. The van der Waals surface area contributed by atoms with Gasteiger partial charge in [-0.15, -0.1) is 0 Å². The van der Waals surface area contributed by atoms with Crippen LogP contribution in [0.4, 0.5) is 5.69 Å². The van der Waals surface area contributed by atoms with Crippen molar-refractivity contribution >= 4 is 46.4 Å². The molecule has 0 unspecified atom stereocenters. The maximum Gasteiger partial charge on any atom is 0.255 e. The summed E-state index contributed by atoms with van der Waals surface area (Å²) < 4.78 is 5.71. The van der Waals surface area contributed by atoms with Crippen molar-refractivity contribution in [3.63, 3.8) is 0 Å². The normalized spacial score (nSPS) is 10.4. The lowest BCUT2D eigenvalue weighted by molar-refractivity contribution is 0.102. The minimum atomic E-state index is -0.306. The lowest BCUT2D eigenvalue weighted by Gasteiger charge is -2.10. The van der Waals surface area contributed by atoms with Gasteiger partial charge in [0, 0.05) is 5.56 Å². The van der Waals surface area contributed by atoms with Crippen LogP contribution in [0.1, 0.15) is 15.9 Å². The Balaban J connectivity index is 1.64. The number of amides is 1. The fourth-order valence-corrected chi connectivity index (χ4v) is 2.85. The van der Waals surface area contributed by atoms with Crippen LogP contribution in [0.5, 0.6) is 5.75 Å². The molecule has 0 aliphatic rings. The Morgan fingerprint density at radius 1 is 0.846 bits per heavy atom. The number of benzene rings is 3. The van der Waals surface area contributed by atoms with Crippen molar-refractivity contribution in [1.29, 1.82) is 0 Å². The second-order valence-electron chi connectivity index (χ2n) is 5.50. The number of hydrogen-bond donors (Lipinski definition) is 1. The first kappa shape index (κ1) is 18.6. The number of rotatable bonds is 5. The maximum absolute atomic E-state index is 12.4. The highest BCUT2D eigenvalue weighted by molar-refractivity contribution is 6.44. The van der Waals surface area contributed by atoms with E-state index in [-0.39, 0.29) is 5.91 Å². The predicted molar refractivity (Wildman–Crippen MR) is 107 cm³/mol. The van der Waals surface area contributed by atoms with Gasteiger partial charge in [-0.3, -0.25) is 4.79 Å².